The average Bonchev–Trinajstić information content (AvgIpc) is 3.09. The molecule has 2 N–H and O–H groups in total. The van der Waals surface area contributed by atoms with E-state index in [0.717, 1.165) is 0 Å². The highest BCUT2D eigenvalue weighted by molar-refractivity contribution is 5.95. The number of benzene rings is 1. The fourth-order valence-electron chi connectivity index (χ4n) is 2.62. The molecular weight excluding hydrogens is 328 g/mol. The molecule has 0 unspecified atom stereocenters. The van der Waals surface area contributed by atoms with E-state index >= 15 is 0 Å². The van der Waals surface area contributed by atoms with E-state index in [1.807, 2.05) is 0 Å². The quantitative estimate of drug-likeness (QED) is 0.763. The van der Waals surface area contributed by atoms with Crippen molar-refractivity contribution in [2.45, 2.75) is 32.0 Å². The maximum Gasteiger partial charge on any atom is 0.332 e. The van der Waals surface area contributed by atoms with Gasteiger partial charge in [-0.25, -0.2) is 4.79 Å². The zero-order valence-corrected chi connectivity index (χ0v) is 14.2. The van der Waals surface area contributed by atoms with Crippen LogP contribution in [0.5, 0.6) is 5.75 Å². The van der Waals surface area contributed by atoms with Crippen molar-refractivity contribution in [2.24, 2.45) is 0 Å². The summed E-state index contributed by atoms with van der Waals surface area (Å²) < 4.78 is 10.4. The second-order valence-corrected chi connectivity index (χ2v) is 5.66. The zero-order chi connectivity index (χ0) is 18.4. The lowest BCUT2D eigenvalue weighted by atomic mass is 10.2. The average molecular weight is 350 g/mol. The van der Waals surface area contributed by atoms with Crippen LogP contribution in [-0.4, -0.2) is 60.2 Å². The number of carbonyl (C=O) groups excluding carboxylic acids is 2. The van der Waals surface area contributed by atoms with Crippen molar-refractivity contribution in [3.63, 3.8) is 0 Å². The van der Waals surface area contributed by atoms with Crippen molar-refractivity contribution in [2.75, 3.05) is 25.5 Å². The van der Waals surface area contributed by atoms with Crippen molar-refractivity contribution in [1.82, 2.24) is 4.90 Å². The van der Waals surface area contributed by atoms with Crippen LogP contribution in [0.15, 0.2) is 24.3 Å². The first-order valence-corrected chi connectivity index (χ1v) is 8.05. The molecule has 136 valence electrons. The third-order valence-electron chi connectivity index (χ3n) is 3.95. The van der Waals surface area contributed by atoms with Crippen LogP contribution in [0, 0.1) is 0 Å². The highest BCUT2D eigenvalue weighted by Gasteiger charge is 2.36. The van der Waals surface area contributed by atoms with Crippen molar-refractivity contribution < 1.29 is 29.0 Å². The molecule has 0 aromatic heterocycles. The second kappa shape index (κ2) is 8.48. The minimum absolute atomic E-state index is 0.135. The summed E-state index contributed by atoms with van der Waals surface area (Å²) in [6, 6.07) is 6.90. The number of nitrogens with one attached hydrogen (secondary N) is 1. The van der Waals surface area contributed by atoms with Gasteiger partial charge < -0.3 is 24.8 Å². The molecule has 2 atom stereocenters. The van der Waals surface area contributed by atoms with Crippen LogP contribution >= 0.6 is 0 Å². The van der Waals surface area contributed by atoms with Crippen molar-refractivity contribution in [1.29, 1.82) is 0 Å². The Labute approximate surface area is 145 Å². The molecule has 1 fully saturated rings. The van der Waals surface area contributed by atoms with Crippen LogP contribution in [0.1, 0.15) is 19.8 Å². The monoisotopic (exact) mass is 350 g/mol. The fraction of sp³-hybridized carbons (Fsp3) is 0.471. The third kappa shape index (κ3) is 4.93. The van der Waals surface area contributed by atoms with Gasteiger partial charge in [-0.1, -0.05) is 6.07 Å². The molecule has 1 saturated heterocycles. The van der Waals surface area contributed by atoms with E-state index in [1.165, 1.54) is 12.0 Å². The number of hydrogen-bond acceptors (Lipinski definition) is 5. The Bertz CT molecular complexity index is 648. The van der Waals surface area contributed by atoms with Gasteiger partial charge in [0.15, 0.2) is 6.10 Å². The smallest absolute Gasteiger partial charge is 0.332 e. The van der Waals surface area contributed by atoms with E-state index in [2.05, 4.69) is 5.32 Å². The molecule has 8 heteroatoms. The van der Waals surface area contributed by atoms with Crippen LogP contribution in [0.4, 0.5) is 5.69 Å². The van der Waals surface area contributed by atoms with Crippen molar-refractivity contribution in [3.05, 3.63) is 24.3 Å². The van der Waals surface area contributed by atoms with Crippen LogP contribution in [0.2, 0.25) is 0 Å². The van der Waals surface area contributed by atoms with E-state index in [9.17, 15) is 14.4 Å². The molecule has 0 saturated carbocycles. The number of hydrogen-bond donors (Lipinski definition) is 2. The molecule has 2 amide bonds. The zero-order valence-electron chi connectivity index (χ0n) is 14.2. The fourth-order valence-corrected chi connectivity index (χ4v) is 2.62. The van der Waals surface area contributed by atoms with Gasteiger partial charge in [-0.2, -0.15) is 0 Å². The van der Waals surface area contributed by atoms with Gasteiger partial charge in [0.05, 0.1) is 13.7 Å². The summed E-state index contributed by atoms with van der Waals surface area (Å²) in [7, 11) is 1.53. The predicted octanol–water partition coefficient (Wildman–Crippen LogP) is 1.11. The molecule has 1 aliphatic rings. The molecule has 0 radical (unpaired) electrons. The summed E-state index contributed by atoms with van der Waals surface area (Å²) in [6.07, 6.45) is -1.15. The second-order valence-electron chi connectivity index (χ2n) is 5.66. The number of rotatable bonds is 7. The van der Waals surface area contributed by atoms with Gasteiger partial charge in [0.1, 0.15) is 11.9 Å². The Kier molecular flexibility index (Phi) is 6.35. The first-order valence-electron chi connectivity index (χ1n) is 8.05. The Morgan fingerprint density at radius 1 is 1.32 bits per heavy atom. The number of ether oxygens (including phenoxy) is 2. The van der Waals surface area contributed by atoms with E-state index < -0.39 is 18.2 Å². The van der Waals surface area contributed by atoms with E-state index in [4.69, 9.17) is 14.6 Å². The van der Waals surface area contributed by atoms with Gasteiger partial charge in [0.25, 0.3) is 5.91 Å². The van der Waals surface area contributed by atoms with E-state index in [1.54, 1.807) is 31.2 Å². The van der Waals surface area contributed by atoms with Gasteiger partial charge in [-0.3, -0.25) is 9.59 Å². The maximum absolute atomic E-state index is 12.4. The lowest BCUT2D eigenvalue weighted by Gasteiger charge is -2.23. The largest absolute Gasteiger partial charge is 0.497 e. The molecule has 1 aliphatic heterocycles. The summed E-state index contributed by atoms with van der Waals surface area (Å²) >= 11 is 0. The molecule has 0 spiro atoms. The number of amides is 2. The first kappa shape index (κ1) is 18.7. The Balaban J connectivity index is 1.93. The van der Waals surface area contributed by atoms with Crippen molar-refractivity contribution in [3.8, 4) is 5.75 Å². The summed E-state index contributed by atoms with van der Waals surface area (Å²) in [5, 5.41) is 11.6. The highest BCUT2D eigenvalue weighted by Crippen LogP contribution is 2.22. The number of likely N-dealkylation sites (N-methyl/N-ethyl adjacent to an activating group) is 1. The van der Waals surface area contributed by atoms with Crippen LogP contribution < -0.4 is 10.1 Å². The Morgan fingerprint density at radius 2 is 2.04 bits per heavy atom. The summed E-state index contributed by atoms with van der Waals surface area (Å²) in [6.45, 7) is 1.94. The minimum Gasteiger partial charge on any atom is -0.497 e. The molecule has 1 heterocycles. The molecule has 0 bridgehead atoms. The normalized spacial score (nSPS) is 19.3. The van der Waals surface area contributed by atoms with Gasteiger partial charge >= 0.3 is 5.97 Å². The summed E-state index contributed by atoms with van der Waals surface area (Å²) in [5.41, 5.74) is 0.566. The molecule has 8 nitrogen and oxygen atoms in total. The molecule has 1 aromatic carbocycles. The SMILES string of the molecule is CCN(CC(=O)Nc1cccc(OC)c1)C(=O)[C@@H]1CC[C@H](C(=O)O)O1. The van der Waals surface area contributed by atoms with Gasteiger partial charge in [-0.15, -0.1) is 0 Å². The van der Waals surface area contributed by atoms with Crippen LogP contribution in [0.3, 0.4) is 0 Å². The molecule has 0 aliphatic carbocycles. The number of carboxylic acids is 1. The van der Waals surface area contributed by atoms with Gasteiger partial charge in [0.2, 0.25) is 5.91 Å². The number of methoxy groups -OCH3 is 1. The lowest BCUT2D eigenvalue weighted by Crippen LogP contribution is -2.43. The topological polar surface area (TPSA) is 105 Å². The summed E-state index contributed by atoms with van der Waals surface area (Å²) in [4.78, 5) is 36.9. The summed E-state index contributed by atoms with van der Waals surface area (Å²) in [5.74, 6) is -1.18. The Morgan fingerprint density at radius 3 is 2.64 bits per heavy atom. The van der Waals surface area contributed by atoms with E-state index in [-0.39, 0.29) is 18.4 Å². The standard InChI is InChI=1S/C17H22N2O6/c1-3-19(16(21)13-7-8-14(25-13)17(22)23)10-15(20)18-11-5-4-6-12(9-11)24-2/h4-6,9,13-14H,3,7-8,10H2,1-2H3,(H,18,20)(H,22,23)/t13-,14+/m0/s1. The number of carbonyl (C=O) groups is 3. The van der Waals surface area contributed by atoms with Crippen LogP contribution in [0.25, 0.3) is 0 Å². The van der Waals surface area contributed by atoms with Gasteiger partial charge in [0, 0.05) is 18.3 Å². The Hall–Kier alpha value is -2.61. The van der Waals surface area contributed by atoms with E-state index in [0.29, 0.717) is 30.8 Å². The minimum atomic E-state index is -1.07. The number of aliphatic carboxylic acids is 1. The molecule has 1 aromatic rings. The molecule has 2 rings (SSSR count). The van der Waals surface area contributed by atoms with Crippen molar-refractivity contribution >= 4 is 23.5 Å². The number of carboxylic acid groups (broad SMARTS) is 1. The lowest BCUT2D eigenvalue weighted by molar-refractivity contribution is -0.155. The number of nitrogens with zero attached hydrogens (tertiary/aromatic N) is 1. The van der Waals surface area contributed by atoms with Crippen LogP contribution in [-0.2, 0) is 19.1 Å². The molecule has 25 heavy (non-hydrogen) atoms. The highest BCUT2D eigenvalue weighted by atomic mass is 16.5. The molecular formula is C17H22N2O6. The van der Waals surface area contributed by atoms with Gasteiger partial charge in [-0.05, 0) is 31.9 Å². The predicted molar refractivity (Wildman–Crippen MR) is 89.4 cm³/mol. The third-order valence-corrected chi connectivity index (χ3v) is 3.95. The first-order chi connectivity index (χ1) is 11.9. The number of anilines is 1. The maximum atomic E-state index is 12.4.